The minimum Gasteiger partial charge on any atom is -0.368 e. The molecule has 0 unspecified atom stereocenters. The Labute approximate surface area is 144 Å². The molecule has 0 bridgehead atoms. The van der Waals surface area contributed by atoms with Gasteiger partial charge in [-0.2, -0.15) is 5.26 Å². The standard InChI is InChI=1S/C17H15ClN4O2/c18-15-11-14(6-5-13(15)12-19)20-7-9-21(10-8-20)16-3-1-2-4-17(16)22(23)24/h1-6,11H,7-10H2. The highest BCUT2D eigenvalue weighted by Crippen LogP contribution is 2.30. The number of benzene rings is 2. The van der Waals surface area contributed by atoms with E-state index in [0.29, 0.717) is 29.4 Å². The number of nitro benzene ring substituents is 1. The van der Waals surface area contributed by atoms with Crippen LogP contribution in [0.2, 0.25) is 5.02 Å². The maximum Gasteiger partial charge on any atom is 0.292 e. The van der Waals surface area contributed by atoms with Gasteiger partial charge in [-0.1, -0.05) is 23.7 Å². The van der Waals surface area contributed by atoms with E-state index in [4.69, 9.17) is 16.9 Å². The van der Waals surface area contributed by atoms with Crippen LogP contribution in [0.15, 0.2) is 42.5 Å². The van der Waals surface area contributed by atoms with Gasteiger partial charge in [-0.3, -0.25) is 10.1 Å². The Bertz CT molecular complexity index is 810. The summed E-state index contributed by atoms with van der Waals surface area (Å²) in [6, 6.07) is 14.2. The highest BCUT2D eigenvalue weighted by molar-refractivity contribution is 6.32. The number of nitriles is 1. The molecule has 0 saturated carbocycles. The SMILES string of the molecule is N#Cc1ccc(N2CCN(c3ccccc3[N+](=O)[O-])CC2)cc1Cl. The molecular formula is C17H15ClN4O2. The van der Waals surface area contributed by atoms with Crippen molar-refractivity contribution in [2.24, 2.45) is 0 Å². The number of para-hydroxylation sites is 2. The molecule has 1 heterocycles. The van der Waals surface area contributed by atoms with E-state index in [0.717, 1.165) is 18.8 Å². The monoisotopic (exact) mass is 342 g/mol. The van der Waals surface area contributed by atoms with Crippen molar-refractivity contribution in [1.82, 2.24) is 0 Å². The number of hydrogen-bond acceptors (Lipinski definition) is 5. The number of piperazine rings is 1. The highest BCUT2D eigenvalue weighted by atomic mass is 35.5. The lowest BCUT2D eigenvalue weighted by Crippen LogP contribution is -2.46. The molecule has 1 fully saturated rings. The van der Waals surface area contributed by atoms with Gasteiger partial charge in [0.05, 0.1) is 15.5 Å². The minimum atomic E-state index is -0.345. The van der Waals surface area contributed by atoms with Gasteiger partial charge in [-0.25, -0.2) is 0 Å². The molecule has 7 heteroatoms. The lowest BCUT2D eigenvalue weighted by atomic mass is 10.1. The zero-order valence-corrected chi connectivity index (χ0v) is 13.6. The number of nitrogens with zero attached hydrogens (tertiary/aromatic N) is 4. The summed E-state index contributed by atoms with van der Waals surface area (Å²) in [6.45, 7) is 2.83. The zero-order valence-electron chi connectivity index (χ0n) is 12.9. The zero-order chi connectivity index (χ0) is 17.1. The fourth-order valence-electron chi connectivity index (χ4n) is 2.88. The quantitative estimate of drug-likeness (QED) is 0.631. The third kappa shape index (κ3) is 3.12. The van der Waals surface area contributed by atoms with E-state index < -0.39 is 0 Å². The lowest BCUT2D eigenvalue weighted by molar-refractivity contribution is -0.384. The molecule has 2 aromatic rings. The van der Waals surface area contributed by atoms with E-state index in [9.17, 15) is 10.1 Å². The molecule has 6 nitrogen and oxygen atoms in total. The number of rotatable bonds is 3. The summed E-state index contributed by atoms with van der Waals surface area (Å²) in [6.07, 6.45) is 0. The Balaban J connectivity index is 1.74. The van der Waals surface area contributed by atoms with Crippen molar-refractivity contribution in [3.05, 3.63) is 63.2 Å². The molecule has 0 N–H and O–H groups in total. The van der Waals surface area contributed by atoms with Crippen molar-refractivity contribution in [3.8, 4) is 6.07 Å². The lowest BCUT2D eigenvalue weighted by Gasteiger charge is -2.37. The van der Waals surface area contributed by atoms with Gasteiger partial charge < -0.3 is 9.80 Å². The van der Waals surface area contributed by atoms with E-state index in [1.165, 1.54) is 6.07 Å². The summed E-state index contributed by atoms with van der Waals surface area (Å²) in [5.74, 6) is 0. The molecule has 0 atom stereocenters. The molecule has 0 aromatic heterocycles. The van der Waals surface area contributed by atoms with E-state index in [-0.39, 0.29) is 10.6 Å². The molecule has 24 heavy (non-hydrogen) atoms. The maximum absolute atomic E-state index is 11.2. The van der Waals surface area contributed by atoms with Crippen molar-refractivity contribution < 1.29 is 4.92 Å². The first kappa shape index (κ1) is 16.1. The van der Waals surface area contributed by atoms with Crippen LogP contribution in [0.5, 0.6) is 0 Å². The van der Waals surface area contributed by atoms with Gasteiger partial charge in [0.2, 0.25) is 0 Å². The Hall–Kier alpha value is -2.78. The number of halogens is 1. The molecule has 1 aliphatic heterocycles. The second-order valence-electron chi connectivity index (χ2n) is 5.50. The summed E-state index contributed by atoms with van der Waals surface area (Å²) in [4.78, 5) is 15.0. The van der Waals surface area contributed by atoms with Crippen molar-refractivity contribution in [3.63, 3.8) is 0 Å². The first-order valence-electron chi connectivity index (χ1n) is 7.53. The third-order valence-corrected chi connectivity index (χ3v) is 4.45. The van der Waals surface area contributed by atoms with Gasteiger partial charge in [0.1, 0.15) is 11.8 Å². The van der Waals surface area contributed by atoms with E-state index in [1.807, 2.05) is 23.1 Å². The average Bonchev–Trinajstić information content (AvgIpc) is 2.62. The van der Waals surface area contributed by atoms with Gasteiger partial charge in [-0.15, -0.1) is 0 Å². The van der Waals surface area contributed by atoms with Crippen molar-refractivity contribution in [1.29, 1.82) is 5.26 Å². The predicted molar refractivity (Wildman–Crippen MR) is 93.7 cm³/mol. The number of nitro groups is 1. The average molecular weight is 343 g/mol. The van der Waals surface area contributed by atoms with Crippen molar-refractivity contribution in [2.75, 3.05) is 36.0 Å². The number of anilines is 2. The van der Waals surface area contributed by atoms with Crippen molar-refractivity contribution in [2.45, 2.75) is 0 Å². The van der Waals surface area contributed by atoms with Gasteiger partial charge in [0.25, 0.3) is 5.69 Å². The molecule has 1 aliphatic rings. The molecule has 0 spiro atoms. The van der Waals surface area contributed by atoms with Crippen LogP contribution >= 0.6 is 11.6 Å². The van der Waals surface area contributed by atoms with Gasteiger partial charge in [0.15, 0.2) is 0 Å². The Morgan fingerprint density at radius 2 is 1.75 bits per heavy atom. The van der Waals surface area contributed by atoms with Crippen LogP contribution in [0.1, 0.15) is 5.56 Å². The fourth-order valence-corrected chi connectivity index (χ4v) is 3.10. The molecule has 3 rings (SSSR count). The second kappa shape index (κ2) is 6.77. The van der Waals surface area contributed by atoms with Gasteiger partial charge in [0, 0.05) is 37.9 Å². The maximum atomic E-state index is 11.2. The van der Waals surface area contributed by atoms with E-state index in [2.05, 4.69) is 4.90 Å². The minimum absolute atomic E-state index is 0.132. The molecular weight excluding hydrogens is 328 g/mol. The van der Waals surface area contributed by atoms with E-state index in [1.54, 1.807) is 24.3 Å². The smallest absolute Gasteiger partial charge is 0.292 e. The van der Waals surface area contributed by atoms with E-state index >= 15 is 0 Å². The summed E-state index contributed by atoms with van der Waals surface area (Å²) in [5, 5.41) is 20.6. The predicted octanol–water partition coefficient (Wildman–Crippen LogP) is 3.45. The van der Waals surface area contributed by atoms with Crippen LogP contribution in [-0.4, -0.2) is 31.1 Å². The second-order valence-corrected chi connectivity index (χ2v) is 5.90. The summed E-state index contributed by atoms with van der Waals surface area (Å²) >= 11 is 6.09. The Morgan fingerprint density at radius 3 is 2.38 bits per heavy atom. The summed E-state index contributed by atoms with van der Waals surface area (Å²) in [5.41, 5.74) is 2.20. The molecule has 0 radical (unpaired) electrons. The normalized spacial score (nSPS) is 14.3. The number of hydrogen-bond donors (Lipinski definition) is 0. The molecule has 122 valence electrons. The highest BCUT2D eigenvalue weighted by Gasteiger charge is 2.23. The molecule has 1 saturated heterocycles. The van der Waals surface area contributed by atoms with Crippen LogP contribution in [0, 0.1) is 21.4 Å². The van der Waals surface area contributed by atoms with Gasteiger partial charge in [-0.05, 0) is 24.3 Å². The van der Waals surface area contributed by atoms with Crippen LogP contribution in [0.25, 0.3) is 0 Å². The first-order chi connectivity index (χ1) is 11.6. The fraction of sp³-hybridized carbons (Fsp3) is 0.235. The topological polar surface area (TPSA) is 73.4 Å². The largest absolute Gasteiger partial charge is 0.368 e. The Morgan fingerprint density at radius 1 is 1.08 bits per heavy atom. The van der Waals surface area contributed by atoms with Gasteiger partial charge >= 0.3 is 0 Å². The van der Waals surface area contributed by atoms with Crippen LogP contribution in [-0.2, 0) is 0 Å². The summed E-state index contributed by atoms with van der Waals surface area (Å²) in [7, 11) is 0. The molecule has 0 aliphatic carbocycles. The molecule has 0 amide bonds. The van der Waals surface area contributed by atoms with Crippen LogP contribution in [0.3, 0.4) is 0 Å². The summed E-state index contributed by atoms with van der Waals surface area (Å²) < 4.78 is 0. The Kier molecular flexibility index (Phi) is 4.54. The van der Waals surface area contributed by atoms with Crippen LogP contribution in [0.4, 0.5) is 17.1 Å². The third-order valence-electron chi connectivity index (χ3n) is 4.14. The molecule has 2 aromatic carbocycles. The van der Waals surface area contributed by atoms with Crippen molar-refractivity contribution >= 4 is 28.7 Å². The van der Waals surface area contributed by atoms with Crippen LogP contribution < -0.4 is 9.80 Å². The first-order valence-corrected chi connectivity index (χ1v) is 7.91.